The van der Waals surface area contributed by atoms with Crippen molar-refractivity contribution in [3.8, 4) is 0 Å². The van der Waals surface area contributed by atoms with Gasteiger partial charge in [0.05, 0.1) is 17.3 Å². The Hall–Kier alpha value is -0.460. The summed E-state index contributed by atoms with van der Waals surface area (Å²) in [5, 5.41) is 11.6. The lowest BCUT2D eigenvalue weighted by Gasteiger charge is -2.44. The molecule has 5 nitrogen and oxygen atoms in total. The second-order valence-corrected chi connectivity index (χ2v) is 6.33. The summed E-state index contributed by atoms with van der Waals surface area (Å²) < 4.78 is 8.60. The molecular formula is C13H23BrN4O. The van der Waals surface area contributed by atoms with Gasteiger partial charge in [-0.15, -0.1) is 5.10 Å². The first kappa shape index (κ1) is 14.9. The van der Waals surface area contributed by atoms with E-state index in [1.807, 2.05) is 25.9 Å². The number of rotatable bonds is 4. The highest BCUT2D eigenvalue weighted by Crippen LogP contribution is 2.44. The Morgan fingerprint density at radius 2 is 2.32 bits per heavy atom. The molecule has 0 aromatic carbocycles. The molecule has 1 N–H and O–H groups in total. The summed E-state index contributed by atoms with van der Waals surface area (Å²) in [6, 6.07) is 0.0922. The van der Waals surface area contributed by atoms with Gasteiger partial charge in [0.2, 0.25) is 0 Å². The van der Waals surface area contributed by atoms with Gasteiger partial charge in [0, 0.05) is 14.2 Å². The van der Waals surface area contributed by atoms with Gasteiger partial charge in [0.25, 0.3) is 0 Å². The topological polar surface area (TPSA) is 52.0 Å². The van der Waals surface area contributed by atoms with Gasteiger partial charge >= 0.3 is 0 Å². The standard InChI is InChI=1S/C13H23BrN4O/c1-9-6-5-7-13(8-9,19-4)11(15-2)10-12(14)16-17-18(10)3/h9,11,15H,5-8H2,1-4H3. The van der Waals surface area contributed by atoms with Gasteiger partial charge < -0.3 is 10.1 Å². The van der Waals surface area contributed by atoms with E-state index in [1.165, 1.54) is 12.8 Å². The van der Waals surface area contributed by atoms with Crippen LogP contribution in [-0.2, 0) is 11.8 Å². The lowest BCUT2D eigenvalue weighted by Crippen LogP contribution is -2.48. The monoisotopic (exact) mass is 330 g/mol. The normalized spacial score (nSPS) is 29.4. The summed E-state index contributed by atoms with van der Waals surface area (Å²) in [6.45, 7) is 2.30. The summed E-state index contributed by atoms with van der Waals surface area (Å²) in [5.41, 5.74) is 0.878. The van der Waals surface area contributed by atoms with Crippen LogP contribution in [0, 0.1) is 5.92 Å². The Balaban J connectivity index is 2.39. The van der Waals surface area contributed by atoms with Gasteiger partial charge in [0.1, 0.15) is 0 Å². The van der Waals surface area contributed by atoms with E-state index in [4.69, 9.17) is 4.74 Å². The van der Waals surface area contributed by atoms with Crippen LogP contribution in [0.25, 0.3) is 0 Å². The molecular weight excluding hydrogens is 308 g/mol. The summed E-state index contributed by atoms with van der Waals surface area (Å²) in [7, 11) is 5.72. The largest absolute Gasteiger partial charge is 0.376 e. The third-order valence-corrected chi connectivity index (χ3v) is 4.88. The number of aryl methyl sites for hydroxylation is 1. The average molecular weight is 331 g/mol. The van der Waals surface area contributed by atoms with Crippen LogP contribution in [0.1, 0.15) is 44.3 Å². The first-order chi connectivity index (χ1) is 9.04. The molecule has 1 saturated carbocycles. The van der Waals surface area contributed by atoms with Crippen molar-refractivity contribution in [2.75, 3.05) is 14.2 Å². The van der Waals surface area contributed by atoms with Crippen LogP contribution >= 0.6 is 15.9 Å². The number of nitrogens with zero attached hydrogens (tertiary/aromatic N) is 3. The van der Waals surface area contributed by atoms with E-state index in [9.17, 15) is 0 Å². The van der Waals surface area contributed by atoms with Gasteiger partial charge in [-0.3, -0.25) is 0 Å². The van der Waals surface area contributed by atoms with Crippen LogP contribution < -0.4 is 5.32 Å². The van der Waals surface area contributed by atoms with Crippen molar-refractivity contribution >= 4 is 15.9 Å². The van der Waals surface area contributed by atoms with Crippen LogP contribution in [0.5, 0.6) is 0 Å². The Labute approximate surface area is 123 Å². The maximum absolute atomic E-state index is 5.98. The molecule has 3 unspecified atom stereocenters. The Morgan fingerprint density at radius 3 is 2.79 bits per heavy atom. The Kier molecular flexibility index (Phi) is 4.63. The minimum absolute atomic E-state index is 0.0922. The Bertz CT molecular complexity index is 417. The quantitative estimate of drug-likeness (QED) is 0.921. The predicted molar refractivity (Wildman–Crippen MR) is 77.9 cm³/mol. The number of nitrogens with one attached hydrogen (secondary N) is 1. The number of likely N-dealkylation sites (N-methyl/N-ethyl adjacent to an activating group) is 1. The molecule has 108 valence electrons. The minimum atomic E-state index is -0.176. The highest BCUT2D eigenvalue weighted by atomic mass is 79.9. The van der Waals surface area contributed by atoms with Crippen molar-refractivity contribution in [2.24, 2.45) is 13.0 Å². The van der Waals surface area contributed by atoms with Gasteiger partial charge in [-0.25, -0.2) is 4.68 Å². The molecule has 6 heteroatoms. The molecule has 0 spiro atoms. The molecule has 3 atom stereocenters. The number of methoxy groups -OCH3 is 1. The second kappa shape index (κ2) is 5.89. The van der Waals surface area contributed by atoms with Crippen molar-refractivity contribution in [1.29, 1.82) is 0 Å². The van der Waals surface area contributed by atoms with Gasteiger partial charge in [-0.1, -0.05) is 25.0 Å². The third-order valence-electron chi connectivity index (χ3n) is 4.31. The number of aromatic nitrogens is 3. The zero-order chi connectivity index (χ0) is 14.0. The SMILES string of the molecule is CNC(c1c(Br)nnn1C)C1(OC)CCCC(C)C1. The van der Waals surface area contributed by atoms with E-state index in [-0.39, 0.29) is 11.6 Å². The maximum atomic E-state index is 5.98. The van der Waals surface area contributed by atoms with Gasteiger partial charge in [0.15, 0.2) is 4.60 Å². The van der Waals surface area contributed by atoms with Crippen LogP contribution in [0.2, 0.25) is 0 Å². The van der Waals surface area contributed by atoms with Crippen molar-refractivity contribution < 1.29 is 4.74 Å². The van der Waals surface area contributed by atoms with Gasteiger partial charge in [-0.2, -0.15) is 0 Å². The molecule has 0 saturated heterocycles. The summed E-state index contributed by atoms with van der Waals surface area (Å²) in [5.74, 6) is 0.685. The molecule has 1 aliphatic carbocycles. The molecule has 1 aromatic heterocycles. The van der Waals surface area contributed by atoms with E-state index in [0.717, 1.165) is 23.1 Å². The summed E-state index contributed by atoms with van der Waals surface area (Å²) in [6.07, 6.45) is 4.62. The van der Waals surface area contributed by atoms with Crippen LogP contribution in [-0.4, -0.2) is 34.8 Å². The van der Waals surface area contributed by atoms with Crippen molar-refractivity contribution in [3.05, 3.63) is 10.3 Å². The number of hydrogen-bond donors (Lipinski definition) is 1. The van der Waals surface area contributed by atoms with Crippen molar-refractivity contribution in [1.82, 2.24) is 20.3 Å². The number of ether oxygens (including phenoxy) is 1. The molecule has 0 radical (unpaired) electrons. The molecule has 0 bridgehead atoms. The molecule has 0 amide bonds. The smallest absolute Gasteiger partial charge is 0.153 e. The highest BCUT2D eigenvalue weighted by molar-refractivity contribution is 9.10. The third kappa shape index (κ3) is 2.71. The first-order valence-corrected chi connectivity index (χ1v) is 7.61. The molecule has 1 fully saturated rings. The van der Waals surface area contributed by atoms with Crippen LogP contribution in [0.15, 0.2) is 4.60 Å². The lowest BCUT2D eigenvalue weighted by molar-refractivity contribution is -0.0808. The van der Waals surface area contributed by atoms with E-state index in [0.29, 0.717) is 5.92 Å². The molecule has 1 aromatic rings. The molecule has 1 heterocycles. The summed E-state index contributed by atoms with van der Waals surface area (Å²) >= 11 is 3.50. The van der Waals surface area contributed by atoms with E-state index >= 15 is 0 Å². The van der Waals surface area contributed by atoms with E-state index in [2.05, 4.69) is 38.5 Å². The number of halogens is 1. The molecule has 1 aliphatic rings. The van der Waals surface area contributed by atoms with Crippen LogP contribution in [0.3, 0.4) is 0 Å². The van der Waals surface area contributed by atoms with Crippen molar-refractivity contribution in [2.45, 2.75) is 44.2 Å². The fourth-order valence-electron chi connectivity index (χ4n) is 3.40. The zero-order valence-corrected chi connectivity index (χ0v) is 13.7. The minimum Gasteiger partial charge on any atom is -0.376 e. The molecule has 19 heavy (non-hydrogen) atoms. The Morgan fingerprint density at radius 1 is 1.58 bits per heavy atom. The lowest BCUT2D eigenvalue weighted by atomic mass is 9.73. The first-order valence-electron chi connectivity index (χ1n) is 6.81. The van der Waals surface area contributed by atoms with Gasteiger partial charge in [-0.05, 0) is 41.7 Å². The second-order valence-electron chi connectivity index (χ2n) is 5.58. The van der Waals surface area contributed by atoms with E-state index < -0.39 is 0 Å². The summed E-state index contributed by atoms with van der Waals surface area (Å²) in [4.78, 5) is 0. The zero-order valence-electron chi connectivity index (χ0n) is 12.1. The van der Waals surface area contributed by atoms with E-state index in [1.54, 1.807) is 0 Å². The van der Waals surface area contributed by atoms with Crippen molar-refractivity contribution in [3.63, 3.8) is 0 Å². The maximum Gasteiger partial charge on any atom is 0.153 e. The fraction of sp³-hybridized carbons (Fsp3) is 0.846. The molecule has 0 aliphatic heterocycles. The fourth-order valence-corrected chi connectivity index (χ4v) is 3.96. The predicted octanol–water partition coefficient (Wildman–Crippen LogP) is 2.43. The van der Waals surface area contributed by atoms with Crippen LogP contribution in [0.4, 0.5) is 0 Å². The average Bonchev–Trinajstić information content (AvgIpc) is 2.72. The number of hydrogen-bond acceptors (Lipinski definition) is 4. The molecule has 2 rings (SSSR count). The highest BCUT2D eigenvalue weighted by Gasteiger charge is 2.44.